The third-order valence-electron chi connectivity index (χ3n) is 2.90. The van der Waals surface area contributed by atoms with Gasteiger partial charge in [0.15, 0.2) is 0 Å². The highest BCUT2D eigenvalue weighted by molar-refractivity contribution is 7.15. The highest BCUT2D eigenvalue weighted by Crippen LogP contribution is 2.31. The maximum Gasteiger partial charge on any atom is 0.343 e. The number of aliphatic carboxylic acids is 1. The van der Waals surface area contributed by atoms with Crippen LogP contribution in [0.5, 0.6) is 5.75 Å². The molecule has 0 saturated heterocycles. The van der Waals surface area contributed by atoms with Crippen molar-refractivity contribution in [2.24, 2.45) is 0 Å². The van der Waals surface area contributed by atoms with Crippen LogP contribution in [0, 0.1) is 10.1 Å². The summed E-state index contributed by atoms with van der Waals surface area (Å²) in [5.74, 6) is -1.44. The zero-order valence-corrected chi connectivity index (χ0v) is 11.9. The lowest BCUT2D eigenvalue weighted by Gasteiger charge is -2.12. The lowest BCUT2D eigenvalue weighted by Crippen LogP contribution is -2.14. The molecule has 1 heterocycles. The van der Waals surface area contributed by atoms with Gasteiger partial charge in [0.05, 0.1) is 12.0 Å². The molecule has 1 N–H and O–H groups in total. The molecule has 1 atom stereocenters. The van der Waals surface area contributed by atoms with E-state index in [2.05, 4.69) is 4.98 Å². The number of carboxylic acids is 1. The van der Waals surface area contributed by atoms with E-state index in [1.165, 1.54) is 7.11 Å². The molecule has 2 aromatic rings. The number of thiazole rings is 1. The monoisotopic (exact) mass is 308 g/mol. The SMILES string of the molecule is COc1ccccc1CC(C(=O)O)c1ncc([N+](=O)[O-])s1. The van der Waals surface area contributed by atoms with Crippen LogP contribution in [-0.2, 0) is 11.2 Å². The number of carboxylic acid groups (broad SMARTS) is 1. The molecule has 1 aromatic carbocycles. The van der Waals surface area contributed by atoms with E-state index in [1.54, 1.807) is 24.3 Å². The van der Waals surface area contributed by atoms with E-state index in [0.717, 1.165) is 17.5 Å². The Balaban J connectivity index is 2.31. The van der Waals surface area contributed by atoms with Gasteiger partial charge in [-0.05, 0) is 29.4 Å². The third-order valence-corrected chi connectivity index (χ3v) is 3.97. The van der Waals surface area contributed by atoms with E-state index in [-0.39, 0.29) is 16.4 Å². The second-order valence-corrected chi connectivity index (χ2v) is 5.24. The average Bonchev–Trinajstić information content (AvgIpc) is 2.94. The molecule has 0 spiro atoms. The van der Waals surface area contributed by atoms with Crippen LogP contribution in [0.15, 0.2) is 30.5 Å². The predicted molar refractivity (Wildman–Crippen MR) is 75.8 cm³/mol. The number of hydrogen-bond donors (Lipinski definition) is 1. The van der Waals surface area contributed by atoms with E-state index in [9.17, 15) is 20.0 Å². The number of nitro groups is 1. The number of nitrogens with zero attached hydrogens (tertiary/aromatic N) is 2. The second-order valence-electron chi connectivity index (χ2n) is 4.20. The van der Waals surface area contributed by atoms with Crippen LogP contribution in [0.2, 0.25) is 0 Å². The van der Waals surface area contributed by atoms with Crippen LogP contribution in [-0.4, -0.2) is 28.1 Å². The summed E-state index contributed by atoms with van der Waals surface area (Å²) in [7, 11) is 1.50. The zero-order chi connectivity index (χ0) is 15.4. The van der Waals surface area contributed by atoms with Crippen LogP contribution in [0.3, 0.4) is 0 Å². The van der Waals surface area contributed by atoms with Crippen molar-refractivity contribution in [1.29, 1.82) is 0 Å². The number of rotatable bonds is 6. The largest absolute Gasteiger partial charge is 0.496 e. The molecule has 7 nitrogen and oxygen atoms in total. The molecule has 8 heteroatoms. The van der Waals surface area contributed by atoms with Crippen molar-refractivity contribution in [1.82, 2.24) is 4.98 Å². The van der Waals surface area contributed by atoms with Gasteiger partial charge in [-0.25, -0.2) is 4.98 Å². The van der Waals surface area contributed by atoms with Crippen molar-refractivity contribution < 1.29 is 19.6 Å². The Hall–Kier alpha value is -2.48. The lowest BCUT2D eigenvalue weighted by molar-refractivity contribution is -0.380. The first-order valence-corrected chi connectivity index (χ1v) is 6.79. The Morgan fingerprint density at radius 1 is 1.52 bits per heavy atom. The van der Waals surface area contributed by atoms with Crippen molar-refractivity contribution in [3.05, 3.63) is 51.1 Å². The number of benzene rings is 1. The summed E-state index contributed by atoms with van der Waals surface area (Å²) in [5.41, 5.74) is 0.713. The third kappa shape index (κ3) is 3.34. The van der Waals surface area contributed by atoms with E-state index in [0.29, 0.717) is 11.3 Å². The van der Waals surface area contributed by atoms with Gasteiger partial charge < -0.3 is 9.84 Å². The van der Waals surface area contributed by atoms with E-state index < -0.39 is 16.8 Å². The van der Waals surface area contributed by atoms with Crippen LogP contribution >= 0.6 is 11.3 Å². The summed E-state index contributed by atoms with van der Waals surface area (Å²) in [6, 6.07) is 7.06. The number of para-hydroxylation sites is 1. The number of carbonyl (C=O) groups is 1. The minimum atomic E-state index is -1.08. The molecule has 0 aliphatic rings. The molecule has 0 radical (unpaired) electrons. The fraction of sp³-hybridized carbons (Fsp3) is 0.231. The standard InChI is InChI=1S/C13H12N2O5S/c1-20-10-5-3-2-4-8(10)6-9(13(16)17)12-14-7-11(21-12)15(18)19/h2-5,7,9H,6H2,1H3,(H,16,17). The quantitative estimate of drug-likeness (QED) is 0.649. The predicted octanol–water partition coefficient (Wildman–Crippen LogP) is 2.47. The smallest absolute Gasteiger partial charge is 0.343 e. The normalized spacial score (nSPS) is 11.9. The first-order valence-electron chi connectivity index (χ1n) is 5.97. The van der Waals surface area contributed by atoms with Crippen molar-refractivity contribution in [2.75, 3.05) is 7.11 Å². The van der Waals surface area contributed by atoms with Crippen LogP contribution < -0.4 is 4.74 Å². The number of methoxy groups -OCH3 is 1. The molecule has 0 amide bonds. The van der Waals surface area contributed by atoms with Gasteiger partial charge >= 0.3 is 11.0 Å². The van der Waals surface area contributed by atoms with E-state index >= 15 is 0 Å². The Morgan fingerprint density at radius 2 is 2.24 bits per heavy atom. The van der Waals surface area contributed by atoms with Gasteiger partial charge in [0.2, 0.25) is 0 Å². The minimum absolute atomic E-state index is 0.157. The molecule has 21 heavy (non-hydrogen) atoms. The van der Waals surface area contributed by atoms with Crippen molar-refractivity contribution in [3.63, 3.8) is 0 Å². The number of ether oxygens (including phenoxy) is 1. The van der Waals surface area contributed by atoms with Gasteiger partial charge in [-0.2, -0.15) is 0 Å². The van der Waals surface area contributed by atoms with Crippen molar-refractivity contribution in [2.45, 2.75) is 12.3 Å². The molecular weight excluding hydrogens is 296 g/mol. The fourth-order valence-electron chi connectivity index (χ4n) is 1.90. The summed E-state index contributed by atoms with van der Waals surface area (Å²) >= 11 is 0.778. The number of aromatic nitrogens is 1. The molecule has 0 aliphatic carbocycles. The first kappa shape index (κ1) is 14.9. The summed E-state index contributed by atoms with van der Waals surface area (Å²) in [4.78, 5) is 25.4. The van der Waals surface area contributed by atoms with Crippen LogP contribution in [0.4, 0.5) is 5.00 Å². The Kier molecular flexibility index (Phi) is 4.49. The van der Waals surface area contributed by atoms with Gasteiger partial charge in [-0.1, -0.05) is 18.2 Å². The molecular formula is C13H12N2O5S. The van der Waals surface area contributed by atoms with Gasteiger partial charge in [-0.3, -0.25) is 14.9 Å². The van der Waals surface area contributed by atoms with E-state index in [4.69, 9.17) is 4.74 Å². The summed E-state index contributed by atoms with van der Waals surface area (Å²) in [5, 5.41) is 20.1. The Morgan fingerprint density at radius 3 is 2.81 bits per heavy atom. The van der Waals surface area contributed by atoms with Crippen LogP contribution in [0.1, 0.15) is 16.5 Å². The van der Waals surface area contributed by atoms with Gasteiger partial charge in [-0.15, -0.1) is 0 Å². The Bertz CT molecular complexity index is 670. The second kappa shape index (κ2) is 6.31. The van der Waals surface area contributed by atoms with Gasteiger partial charge in [0, 0.05) is 0 Å². The van der Waals surface area contributed by atoms with Gasteiger partial charge in [0.1, 0.15) is 22.9 Å². The zero-order valence-electron chi connectivity index (χ0n) is 11.1. The fourth-order valence-corrected chi connectivity index (χ4v) is 2.72. The minimum Gasteiger partial charge on any atom is -0.496 e. The molecule has 0 aliphatic heterocycles. The van der Waals surface area contributed by atoms with E-state index in [1.807, 2.05) is 0 Å². The molecule has 1 aromatic heterocycles. The van der Waals surface area contributed by atoms with Crippen molar-refractivity contribution >= 4 is 22.3 Å². The van der Waals surface area contributed by atoms with Crippen LogP contribution in [0.25, 0.3) is 0 Å². The summed E-state index contributed by atoms with van der Waals surface area (Å²) in [6.07, 6.45) is 1.24. The summed E-state index contributed by atoms with van der Waals surface area (Å²) < 4.78 is 5.19. The van der Waals surface area contributed by atoms with Crippen molar-refractivity contribution in [3.8, 4) is 5.75 Å². The molecule has 0 saturated carbocycles. The average molecular weight is 308 g/mol. The molecule has 1 unspecified atom stereocenters. The topological polar surface area (TPSA) is 103 Å². The lowest BCUT2D eigenvalue weighted by atomic mass is 9.99. The molecule has 2 rings (SSSR count). The molecule has 110 valence electrons. The first-order chi connectivity index (χ1) is 10.0. The molecule has 0 bridgehead atoms. The Labute approximate surface area is 124 Å². The maximum absolute atomic E-state index is 11.4. The molecule has 0 fully saturated rings. The number of hydrogen-bond acceptors (Lipinski definition) is 6. The highest BCUT2D eigenvalue weighted by Gasteiger charge is 2.27. The highest BCUT2D eigenvalue weighted by atomic mass is 32.1. The van der Waals surface area contributed by atoms with Gasteiger partial charge in [0.25, 0.3) is 0 Å². The summed E-state index contributed by atoms with van der Waals surface area (Å²) in [6.45, 7) is 0. The maximum atomic E-state index is 11.4.